The lowest BCUT2D eigenvalue weighted by atomic mass is 9.96. The second-order valence-corrected chi connectivity index (χ2v) is 25.1. The van der Waals surface area contributed by atoms with Crippen LogP contribution in [0.25, 0.3) is 10.9 Å². The number of carboxylic acids is 2. The van der Waals surface area contributed by atoms with E-state index in [9.17, 15) is 97.1 Å². The number of carbonyl (C=O) groups excluding carboxylic acids is 14. The van der Waals surface area contributed by atoms with Crippen molar-refractivity contribution in [2.45, 2.75) is 197 Å². The third-order valence-corrected chi connectivity index (χ3v) is 16.8. The summed E-state index contributed by atoms with van der Waals surface area (Å²) in [6.45, 7) is 2.46. The van der Waals surface area contributed by atoms with Gasteiger partial charge in [-0.1, -0.05) is 108 Å². The summed E-state index contributed by atoms with van der Waals surface area (Å²) in [6.07, 6.45) is -2.19. The highest BCUT2D eigenvalue weighted by Crippen LogP contribution is 2.21. The van der Waals surface area contributed by atoms with E-state index >= 15 is 0 Å². The van der Waals surface area contributed by atoms with Gasteiger partial charge in [0.15, 0.2) is 0 Å². The smallest absolute Gasteiger partial charge is 0.329 e. The molecule has 1 unspecified atom stereocenters. The number of amides is 13. The fourth-order valence-corrected chi connectivity index (χ4v) is 10.9. The van der Waals surface area contributed by atoms with Crippen LogP contribution in [0.3, 0.4) is 0 Å². The van der Waals surface area contributed by atoms with E-state index in [4.69, 9.17) is 21.9 Å². The molecule has 1 aliphatic rings. The molecule has 104 heavy (non-hydrogen) atoms. The average Bonchev–Trinajstić information content (AvgIpc) is 1.80. The van der Waals surface area contributed by atoms with Crippen LogP contribution in [0.1, 0.15) is 122 Å². The second kappa shape index (κ2) is 44.0. The number of esters is 1. The number of aromatic amines is 1. The molecule has 572 valence electrons. The van der Waals surface area contributed by atoms with Gasteiger partial charge in [-0.25, -0.2) is 4.79 Å². The largest absolute Gasteiger partial charge is 0.481 e. The fraction of sp³-hybridized carbons (Fsp3) is 0.552. The van der Waals surface area contributed by atoms with E-state index in [-0.39, 0.29) is 38.6 Å². The molecule has 2 aromatic carbocycles. The van der Waals surface area contributed by atoms with Gasteiger partial charge in [-0.05, 0) is 62.4 Å². The summed E-state index contributed by atoms with van der Waals surface area (Å²) in [5, 5.41) is 69.1. The minimum atomic E-state index is -2.14. The molecule has 1 aliphatic heterocycles. The standard InChI is InChI=1S/C67H98N16O21/c1-5-7-8-9-13-18-39(85)27-51(87)76-49(34-84)64(100)83-57-36(4)104-67(103)48(25-37-16-11-10-12-17-37)81-61(97)43(22-24-69)77-65(101)56(35(3)6-2)82-63(99)44(26-38-31-71-41-20-15-14-19-40(38)41)74-52(88)32-72-59(95)47(30-55(92)93)80-62(98)45(28-50(70)86)75-53(89)33-73-58(94)46(29-54(90)91)79-60(96)42(21-23-68)78-66(57)102/h10-12,14-17,19-20,31,35-36,39,42-49,56-57,71,84-85H,5-9,13,18,21-30,32-34,68-69H2,1-4H3,(H2,70,86)(H,72,95)(H,73,94)(H,74,88)(H,75,89)(H,76,87)(H,77,101)(H,78,102)(H,79,96)(H,80,98)(H,81,97)(H,82,99)(H,83,100)(H,90,91)(H,92,93)/t35-,36+,39?,42+,43-,44-,45+,46-,47+,48-,49+,56+,57-/m0/s1. The number of H-pyrrole nitrogens is 1. The van der Waals surface area contributed by atoms with E-state index in [0.29, 0.717) is 28.5 Å². The van der Waals surface area contributed by atoms with Crippen LogP contribution in [-0.4, -0.2) is 226 Å². The van der Waals surface area contributed by atoms with Crippen molar-refractivity contribution in [3.05, 3.63) is 71.9 Å². The summed E-state index contributed by atoms with van der Waals surface area (Å²) in [4.78, 5) is 223. The molecule has 13 amide bonds. The molecule has 13 atom stereocenters. The number of nitrogens with one attached hydrogen (secondary N) is 13. The Balaban J connectivity index is 1.86. The number of aliphatic hydroxyl groups is 2. The van der Waals surface area contributed by atoms with Crippen molar-refractivity contribution in [3.8, 4) is 0 Å². The molecule has 37 nitrogen and oxygen atoms in total. The van der Waals surface area contributed by atoms with E-state index < -0.39 is 232 Å². The number of hydrogen-bond acceptors (Lipinski definition) is 21. The number of aliphatic hydroxyl groups excluding tert-OH is 2. The zero-order valence-electron chi connectivity index (χ0n) is 58.4. The zero-order valence-corrected chi connectivity index (χ0v) is 58.4. The van der Waals surface area contributed by atoms with Crippen molar-refractivity contribution in [1.29, 1.82) is 0 Å². The summed E-state index contributed by atoms with van der Waals surface area (Å²) in [7, 11) is 0. The van der Waals surface area contributed by atoms with Crippen molar-refractivity contribution in [1.82, 2.24) is 68.8 Å². The van der Waals surface area contributed by atoms with Gasteiger partial charge < -0.3 is 111 Å². The minimum absolute atomic E-state index is 0.217. The molecule has 0 bridgehead atoms. The number of carbonyl (C=O) groups is 16. The summed E-state index contributed by atoms with van der Waals surface area (Å²) in [5.41, 5.74) is 18.8. The SMILES string of the molecule is CCCCCCCC(O)CC(=O)N[C@H](CO)C(=O)N[C@@H]1C(=O)N[C@H](CCN)C(=O)N[C@@H](CC(=O)O)C(=O)NCC(=O)N[C@H](CC(N)=O)C(=O)N[C@H](CC(=O)O)C(=O)NCC(=O)N[C@@H](Cc2c[nH]c3ccccc23)C(=O)N[C@H]([C@@H](C)CC)C(=O)N[C@@H](CCN)C(=O)N[C@@H](Cc2ccccc2)C(=O)O[C@@H]1C. The monoisotopic (exact) mass is 1460 g/mol. The molecular formula is C67H98N16O21. The Bertz CT molecular complexity index is 3490. The molecule has 0 saturated carbocycles. The first-order chi connectivity index (χ1) is 49.4. The number of para-hydroxylation sites is 1. The van der Waals surface area contributed by atoms with Crippen LogP contribution in [0.4, 0.5) is 0 Å². The summed E-state index contributed by atoms with van der Waals surface area (Å²) in [6, 6.07) is -3.49. The molecule has 1 saturated heterocycles. The number of fused-ring (bicyclic) bond motifs is 1. The first-order valence-corrected chi connectivity index (χ1v) is 34.2. The van der Waals surface area contributed by atoms with E-state index in [1.165, 1.54) is 0 Å². The Hall–Kier alpha value is -10.7. The Morgan fingerprint density at radius 3 is 1.65 bits per heavy atom. The third kappa shape index (κ3) is 29.0. The molecule has 4 rings (SSSR count). The predicted octanol–water partition coefficient (Wildman–Crippen LogP) is -5.35. The van der Waals surface area contributed by atoms with E-state index in [1.807, 2.05) is 12.2 Å². The number of benzene rings is 2. The number of unbranched alkanes of at least 4 members (excludes halogenated alkanes) is 4. The Labute approximate surface area is 598 Å². The highest BCUT2D eigenvalue weighted by molar-refractivity contribution is 6.01. The van der Waals surface area contributed by atoms with Gasteiger partial charge in [0.05, 0.1) is 51.5 Å². The number of cyclic esters (lactones) is 1. The van der Waals surface area contributed by atoms with Crippen LogP contribution in [0.15, 0.2) is 60.8 Å². The van der Waals surface area contributed by atoms with Crippen molar-refractivity contribution in [2.75, 3.05) is 32.8 Å². The first kappa shape index (κ1) is 85.8. The molecule has 0 aliphatic carbocycles. The van der Waals surface area contributed by atoms with Crippen LogP contribution in [0.5, 0.6) is 0 Å². The summed E-state index contributed by atoms with van der Waals surface area (Å²) >= 11 is 0. The molecule has 23 N–H and O–H groups in total. The van der Waals surface area contributed by atoms with Gasteiger partial charge in [-0.15, -0.1) is 0 Å². The number of carboxylic acid groups (broad SMARTS) is 2. The average molecular weight is 1460 g/mol. The van der Waals surface area contributed by atoms with Gasteiger partial charge in [0.1, 0.15) is 66.5 Å². The predicted molar refractivity (Wildman–Crippen MR) is 369 cm³/mol. The number of primary amides is 1. The van der Waals surface area contributed by atoms with E-state index in [2.05, 4.69) is 63.5 Å². The lowest BCUT2D eigenvalue weighted by molar-refractivity contribution is -0.156. The molecule has 1 aromatic heterocycles. The molecular weight excluding hydrogens is 1360 g/mol. The van der Waals surface area contributed by atoms with Crippen LogP contribution >= 0.6 is 0 Å². The Morgan fingerprint density at radius 2 is 1.11 bits per heavy atom. The number of aliphatic carboxylic acids is 2. The summed E-state index contributed by atoms with van der Waals surface area (Å²) in [5.74, 6) is -21.0. The third-order valence-electron chi connectivity index (χ3n) is 16.8. The van der Waals surface area contributed by atoms with Crippen LogP contribution < -0.4 is 81.0 Å². The number of hydrogen-bond donors (Lipinski definition) is 20. The van der Waals surface area contributed by atoms with Gasteiger partial charge >= 0.3 is 17.9 Å². The molecule has 0 spiro atoms. The van der Waals surface area contributed by atoms with Gasteiger partial charge in [-0.3, -0.25) is 71.9 Å². The van der Waals surface area contributed by atoms with Crippen molar-refractivity contribution in [2.24, 2.45) is 23.1 Å². The minimum Gasteiger partial charge on any atom is -0.481 e. The maximum absolute atomic E-state index is 14.8. The fourth-order valence-electron chi connectivity index (χ4n) is 10.9. The normalized spacial score (nSPS) is 23.1. The highest BCUT2D eigenvalue weighted by Gasteiger charge is 2.40. The van der Waals surface area contributed by atoms with Gasteiger partial charge in [0, 0.05) is 29.9 Å². The van der Waals surface area contributed by atoms with E-state index in [0.717, 1.165) is 32.6 Å². The van der Waals surface area contributed by atoms with E-state index in [1.54, 1.807) is 74.6 Å². The van der Waals surface area contributed by atoms with Gasteiger partial charge in [0.25, 0.3) is 0 Å². The number of ether oxygens (including phenoxy) is 1. The molecule has 37 heteroatoms. The number of rotatable bonds is 28. The van der Waals surface area contributed by atoms with Crippen molar-refractivity contribution < 1.29 is 102 Å². The second-order valence-electron chi connectivity index (χ2n) is 25.1. The Kier molecular flexibility index (Phi) is 36.3. The zero-order chi connectivity index (χ0) is 77.2. The number of nitrogens with two attached hydrogens (primary N) is 3. The highest BCUT2D eigenvalue weighted by atomic mass is 16.5. The number of aromatic nitrogens is 1. The van der Waals surface area contributed by atoms with Gasteiger partial charge in [0.2, 0.25) is 76.8 Å². The van der Waals surface area contributed by atoms with Crippen molar-refractivity contribution >= 4 is 106 Å². The quantitative estimate of drug-likeness (QED) is 0.0238. The van der Waals surface area contributed by atoms with Crippen LogP contribution in [-0.2, 0) is 94.3 Å². The first-order valence-electron chi connectivity index (χ1n) is 34.2. The molecule has 3 aromatic rings. The lowest BCUT2D eigenvalue weighted by Crippen LogP contribution is -2.62. The van der Waals surface area contributed by atoms with Crippen molar-refractivity contribution in [3.63, 3.8) is 0 Å². The van der Waals surface area contributed by atoms with Crippen LogP contribution in [0, 0.1) is 5.92 Å². The maximum Gasteiger partial charge on any atom is 0.329 e. The molecule has 1 fully saturated rings. The lowest BCUT2D eigenvalue weighted by Gasteiger charge is -2.30. The van der Waals surface area contributed by atoms with Gasteiger partial charge in [-0.2, -0.15) is 0 Å². The Morgan fingerprint density at radius 1 is 0.596 bits per heavy atom. The van der Waals surface area contributed by atoms with Crippen LogP contribution in [0.2, 0.25) is 0 Å². The molecule has 0 radical (unpaired) electrons. The maximum atomic E-state index is 14.8. The molecule has 2 heterocycles. The summed E-state index contributed by atoms with van der Waals surface area (Å²) < 4.78 is 5.86. The topological polar surface area (TPSA) is 601 Å².